The first-order valence-electron chi connectivity index (χ1n) is 7.12. The van der Waals surface area contributed by atoms with Gasteiger partial charge in [0.15, 0.2) is 0 Å². The first-order chi connectivity index (χ1) is 9.78. The van der Waals surface area contributed by atoms with Crippen molar-refractivity contribution in [2.75, 3.05) is 26.2 Å². The fourth-order valence-electron chi connectivity index (χ4n) is 3.08. The van der Waals surface area contributed by atoms with E-state index in [-0.39, 0.29) is 18.6 Å². The summed E-state index contributed by atoms with van der Waals surface area (Å²) in [5.41, 5.74) is 2.25. The van der Waals surface area contributed by atoms with Gasteiger partial charge in [0.05, 0.1) is 18.2 Å². The maximum atomic E-state index is 10.2. The number of nitrogens with zero attached hydrogens (tertiary/aromatic N) is 2. The first-order valence-corrected chi connectivity index (χ1v) is 7.12. The molecule has 2 atom stereocenters. The number of benzene rings is 1. The van der Waals surface area contributed by atoms with Crippen molar-refractivity contribution in [3.63, 3.8) is 0 Å². The summed E-state index contributed by atoms with van der Waals surface area (Å²) in [7, 11) is 0. The molecule has 0 radical (unpaired) electrons. The second kappa shape index (κ2) is 5.87. The summed E-state index contributed by atoms with van der Waals surface area (Å²) in [6.07, 6.45) is 2.38. The largest absolute Gasteiger partial charge is 0.395 e. The summed E-state index contributed by atoms with van der Waals surface area (Å²) in [6.45, 7) is 2.30. The average molecular weight is 272 g/mol. The molecule has 1 aliphatic heterocycles. The Morgan fingerprint density at radius 2 is 2.05 bits per heavy atom. The molecule has 0 bridgehead atoms. The van der Waals surface area contributed by atoms with E-state index in [1.54, 1.807) is 0 Å². The number of aliphatic hydroxyl groups is 2. The van der Waals surface area contributed by atoms with E-state index in [1.807, 2.05) is 30.5 Å². The van der Waals surface area contributed by atoms with Crippen LogP contribution in [0.5, 0.6) is 0 Å². The number of hydrogen-bond donors (Lipinski definition) is 2. The van der Waals surface area contributed by atoms with E-state index in [0.717, 1.165) is 18.5 Å². The molecule has 0 aliphatic carbocycles. The molecule has 1 aliphatic rings. The van der Waals surface area contributed by atoms with Gasteiger partial charge in [-0.2, -0.15) is 0 Å². The van der Waals surface area contributed by atoms with E-state index < -0.39 is 0 Å². The van der Waals surface area contributed by atoms with Crippen molar-refractivity contribution in [3.8, 4) is 0 Å². The van der Waals surface area contributed by atoms with Gasteiger partial charge in [-0.3, -0.25) is 9.88 Å². The number of aromatic nitrogens is 1. The van der Waals surface area contributed by atoms with Crippen LogP contribution in [0.25, 0.3) is 10.9 Å². The smallest absolute Gasteiger partial charge is 0.0710 e. The van der Waals surface area contributed by atoms with Crippen LogP contribution in [0.15, 0.2) is 36.5 Å². The fourth-order valence-corrected chi connectivity index (χ4v) is 3.08. The molecule has 4 heteroatoms. The highest BCUT2D eigenvalue weighted by Crippen LogP contribution is 2.25. The number of aliphatic hydroxyl groups excluding tert-OH is 2. The molecule has 2 aromatic rings. The van der Waals surface area contributed by atoms with Crippen LogP contribution in [0.4, 0.5) is 0 Å². The zero-order valence-electron chi connectivity index (χ0n) is 11.4. The summed E-state index contributed by atoms with van der Waals surface area (Å²) in [5.74, 6) is 0.229. The average Bonchev–Trinajstić information content (AvgIpc) is 2.80. The number of β-amino-alcohol motifs (C(OH)–C–C–N with tert-alkyl or cyclic N) is 2. The van der Waals surface area contributed by atoms with E-state index in [4.69, 9.17) is 5.11 Å². The van der Waals surface area contributed by atoms with Crippen molar-refractivity contribution < 1.29 is 10.2 Å². The predicted molar refractivity (Wildman–Crippen MR) is 78.5 cm³/mol. The molecule has 4 nitrogen and oxygen atoms in total. The van der Waals surface area contributed by atoms with Crippen LogP contribution >= 0.6 is 0 Å². The highest BCUT2D eigenvalue weighted by atomic mass is 16.3. The SMILES string of the molecule is OCCN1C[C@@H](Cc2ccnc3ccccc23)[C@@H](O)C1. The van der Waals surface area contributed by atoms with Crippen molar-refractivity contribution in [2.24, 2.45) is 5.92 Å². The second-order valence-electron chi connectivity index (χ2n) is 5.50. The molecule has 3 rings (SSSR count). The van der Waals surface area contributed by atoms with Gasteiger partial charge in [0.25, 0.3) is 0 Å². The number of pyridine rings is 1. The van der Waals surface area contributed by atoms with Gasteiger partial charge in [-0.05, 0) is 24.1 Å². The van der Waals surface area contributed by atoms with E-state index in [2.05, 4.69) is 16.0 Å². The molecule has 2 heterocycles. The van der Waals surface area contributed by atoms with Crippen molar-refractivity contribution in [3.05, 3.63) is 42.1 Å². The Morgan fingerprint density at radius 1 is 1.20 bits per heavy atom. The van der Waals surface area contributed by atoms with Crippen molar-refractivity contribution in [2.45, 2.75) is 12.5 Å². The van der Waals surface area contributed by atoms with Gasteiger partial charge in [0.2, 0.25) is 0 Å². The third-order valence-electron chi connectivity index (χ3n) is 4.12. The maximum Gasteiger partial charge on any atom is 0.0710 e. The quantitative estimate of drug-likeness (QED) is 0.874. The van der Waals surface area contributed by atoms with Crippen LogP contribution in [0, 0.1) is 5.92 Å². The van der Waals surface area contributed by atoms with Crippen LogP contribution in [0.1, 0.15) is 5.56 Å². The molecule has 2 N–H and O–H groups in total. The molecule has 0 spiro atoms. The third kappa shape index (κ3) is 2.68. The lowest BCUT2D eigenvalue weighted by atomic mass is 9.94. The Hall–Kier alpha value is -1.49. The lowest BCUT2D eigenvalue weighted by Gasteiger charge is -2.15. The van der Waals surface area contributed by atoms with Crippen LogP contribution < -0.4 is 0 Å². The topological polar surface area (TPSA) is 56.6 Å². The van der Waals surface area contributed by atoms with E-state index in [1.165, 1.54) is 10.9 Å². The number of fused-ring (bicyclic) bond motifs is 1. The molecule has 0 saturated carbocycles. The van der Waals surface area contributed by atoms with E-state index >= 15 is 0 Å². The number of para-hydroxylation sites is 1. The molecule has 1 aromatic heterocycles. The van der Waals surface area contributed by atoms with Gasteiger partial charge in [0, 0.05) is 37.1 Å². The molecule has 0 amide bonds. The van der Waals surface area contributed by atoms with Crippen molar-refractivity contribution >= 4 is 10.9 Å². The van der Waals surface area contributed by atoms with Crippen LogP contribution in [0.3, 0.4) is 0 Å². The van der Waals surface area contributed by atoms with Gasteiger partial charge in [0.1, 0.15) is 0 Å². The lowest BCUT2D eigenvalue weighted by molar-refractivity contribution is 0.138. The van der Waals surface area contributed by atoms with Gasteiger partial charge in [-0.1, -0.05) is 18.2 Å². The minimum absolute atomic E-state index is 0.150. The highest BCUT2D eigenvalue weighted by Gasteiger charge is 2.31. The summed E-state index contributed by atoms with van der Waals surface area (Å²) in [5, 5.41) is 20.3. The standard InChI is InChI=1S/C16H20N2O2/c19-8-7-18-10-13(16(20)11-18)9-12-5-6-17-15-4-2-1-3-14(12)15/h1-6,13,16,19-20H,7-11H2/t13-,16+/m1/s1. The van der Waals surface area contributed by atoms with Crippen LogP contribution in [0.2, 0.25) is 0 Å². The minimum atomic E-state index is -0.312. The normalized spacial score (nSPS) is 23.5. The highest BCUT2D eigenvalue weighted by molar-refractivity contribution is 5.81. The van der Waals surface area contributed by atoms with Gasteiger partial charge in [-0.25, -0.2) is 0 Å². The Kier molecular flexibility index (Phi) is 3.96. The molecule has 106 valence electrons. The fraction of sp³-hybridized carbons (Fsp3) is 0.438. The number of likely N-dealkylation sites (tertiary alicyclic amines) is 1. The van der Waals surface area contributed by atoms with Gasteiger partial charge >= 0.3 is 0 Å². The van der Waals surface area contributed by atoms with E-state index in [9.17, 15) is 5.11 Å². The molecule has 1 aromatic carbocycles. The molecule has 20 heavy (non-hydrogen) atoms. The molecular weight excluding hydrogens is 252 g/mol. The second-order valence-corrected chi connectivity index (χ2v) is 5.50. The zero-order valence-corrected chi connectivity index (χ0v) is 11.4. The van der Waals surface area contributed by atoms with Crippen molar-refractivity contribution in [1.29, 1.82) is 0 Å². The molecular formula is C16H20N2O2. The van der Waals surface area contributed by atoms with Crippen molar-refractivity contribution in [1.82, 2.24) is 9.88 Å². The Labute approximate surface area is 118 Å². The van der Waals surface area contributed by atoms with Gasteiger partial charge in [-0.15, -0.1) is 0 Å². The lowest BCUT2D eigenvalue weighted by Crippen LogP contribution is -2.25. The summed E-state index contributed by atoms with van der Waals surface area (Å²) < 4.78 is 0. The summed E-state index contributed by atoms with van der Waals surface area (Å²) >= 11 is 0. The van der Waals surface area contributed by atoms with Gasteiger partial charge < -0.3 is 10.2 Å². The number of hydrogen-bond acceptors (Lipinski definition) is 4. The Balaban J connectivity index is 1.80. The molecule has 1 saturated heterocycles. The molecule has 0 unspecified atom stereocenters. The van der Waals surface area contributed by atoms with Crippen LogP contribution in [-0.2, 0) is 6.42 Å². The maximum absolute atomic E-state index is 10.2. The Bertz CT molecular complexity index is 582. The van der Waals surface area contributed by atoms with E-state index in [0.29, 0.717) is 13.1 Å². The summed E-state index contributed by atoms with van der Waals surface area (Å²) in [4.78, 5) is 6.50. The minimum Gasteiger partial charge on any atom is -0.395 e. The monoisotopic (exact) mass is 272 g/mol. The predicted octanol–water partition coefficient (Wildman–Crippen LogP) is 1.06. The summed E-state index contributed by atoms with van der Waals surface area (Å²) in [6, 6.07) is 10.2. The third-order valence-corrected chi connectivity index (χ3v) is 4.12. The first kappa shape index (κ1) is 13.5. The zero-order chi connectivity index (χ0) is 13.9. The number of rotatable bonds is 4. The Morgan fingerprint density at radius 3 is 2.90 bits per heavy atom. The molecule has 1 fully saturated rings. The van der Waals surface area contributed by atoms with Crippen LogP contribution in [-0.4, -0.2) is 52.4 Å².